The molecule has 0 bridgehead atoms. The van der Waals surface area contributed by atoms with Crippen LogP contribution < -0.4 is 0 Å². The van der Waals surface area contributed by atoms with E-state index in [0.717, 1.165) is 36.4 Å². The number of halogens is 3. The van der Waals surface area contributed by atoms with Gasteiger partial charge < -0.3 is 0 Å². The average Bonchev–Trinajstić information content (AvgIpc) is 2.41. The van der Waals surface area contributed by atoms with E-state index in [2.05, 4.69) is 0 Å². The summed E-state index contributed by atoms with van der Waals surface area (Å²) in [6.45, 7) is 0. The van der Waals surface area contributed by atoms with Crippen LogP contribution in [0.25, 0.3) is 0 Å². The zero-order valence-electron chi connectivity index (χ0n) is 10.5. The molecule has 2 aromatic carbocycles. The third-order valence-electron chi connectivity index (χ3n) is 2.72. The van der Waals surface area contributed by atoms with Gasteiger partial charge in [-0.1, -0.05) is 0 Å². The van der Waals surface area contributed by atoms with Gasteiger partial charge in [-0.15, -0.1) is 0 Å². The highest BCUT2D eigenvalue weighted by Gasteiger charge is 2.22. The lowest BCUT2D eigenvalue weighted by atomic mass is 10.1. The second-order valence-electron chi connectivity index (χ2n) is 4.26. The Morgan fingerprint density at radius 1 is 0.905 bits per heavy atom. The van der Waals surface area contributed by atoms with Crippen LogP contribution in [0.3, 0.4) is 0 Å². The highest BCUT2D eigenvalue weighted by atomic mass is 32.2. The van der Waals surface area contributed by atoms with Crippen LogP contribution in [-0.4, -0.2) is 20.0 Å². The monoisotopic (exact) mass is 314 g/mol. The van der Waals surface area contributed by atoms with E-state index in [9.17, 15) is 26.4 Å². The van der Waals surface area contributed by atoms with E-state index in [1.807, 2.05) is 0 Å². The van der Waals surface area contributed by atoms with Crippen LogP contribution >= 0.6 is 0 Å². The maximum absolute atomic E-state index is 13.4. The van der Waals surface area contributed by atoms with Gasteiger partial charge >= 0.3 is 0 Å². The zero-order chi connectivity index (χ0) is 15.6. The molecular formula is C14H9F3O3S. The number of hydrogen-bond acceptors (Lipinski definition) is 3. The van der Waals surface area contributed by atoms with E-state index >= 15 is 0 Å². The summed E-state index contributed by atoms with van der Waals surface area (Å²) >= 11 is 0. The van der Waals surface area contributed by atoms with Crippen LogP contribution in [0.4, 0.5) is 13.2 Å². The number of hydrogen-bond donors (Lipinski definition) is 0. The van der Waals surface area contributed by atoms with Gasteiger partial charge in [-0.2, -0.15) is 0 Å². The Balaban J connectivity index is 2.30. The minimum atomic E-state index is -4.06. The van der Waals surface area contributed by atoms with E-state index in [1.165, 1.54) is 0 Å². The van der Waals surface area contributed by atoms with Gasteiger partial charge in [0.05, 0.1) is 10.5 Å². The Labute approximate surface area is 119 Å². The van der Waals surface area contributed by atoms with Gasteiger partial charge in [0.25, 0.3) is 0 Å². The van der Waals surface area contributed by atoms with Gasteiger partial charge in [-0.05, 0) is 42.5 Å². The second kappa shape index (κ2) is 5.69. The molecule has 0 aromatic heterocycles. The summed E-state index contributed by atoms with van der Waals surface area (Å²) in [4.78, 5) is 11.5. The minimum Gasteiger partial charge on any atom is -0.293 e. The number of carbonyl (C=O) groups excluding carboxylic acids is 1. The number of rotatable bonds is 4. The Kier molecular flexibility index (Phi) is 4.13. The highest BCUT2D eigenvalue weighted by molar-refractivity contribution is 7.92. The third-order valence-corrected chi connectivity index (χ3v) is 4.36. The van der Waals surface area contributed by atoms with E-state index in [-0.39, 0.29) is 4.90 Å². The Bertz CT molecular complexity index is 784. The van der Waals surface area contributed by atoms with E-state index < -0.39 is 44.4 Å². The fourth-order valence-electron chi connectivity index (χ4n) is 1.69. The van der Waals surface area contributed by atoms with Crippen molar-refractivity contribution < 1.29 is 26.4 Å². The summed E-state index contributed by atoms with van der Waals surface area (Å²) in [6.07, 6.45) is 0. The average molecular weight is 314 g/mol. The summed E-state index contributed by atoms with van der Waals surface area (Å²) < 4.78 is 63.1. The molecule has 0 spiro atoms. The Morgan fingerprint density at radius 2 is 1.48 bits per heavy atom. The van der Waals surface area contributed by atoms with Crippen molar-refractivity contribution in [3.05, 3.63) is 65.5 Å². The molecule has 110 valence electrons. The van der Waals surface area contributed by atoms with Gasteiger partial charge in [0.1, 0.15) is 23.2 Å². The van der Waals surface area contributed by atoms with Crippen molar-refractivity contribution in [3.8, 4) is 0 Å². The molecule has 2 aromatic rings. The lowest BCUT2D eigenvalue weighted by molar-refractivity contribution is 0.101. The van der Waals surface area contributed by atoms with Gasteiger partial charge in [0.15, 0.2) is 15.6 Å². The van der Waals surface area contributed by atoms with Crippen molar-refractivity contribution in [2.75, 3.05) is 5.75 Å². The van der Waals surface area contributed by atoms with Crippen LogP contribution in [-0.2, 0) is 9.84 Å². The molecule has 0 unspecified atom stereocenters. The highest BCUT2D eigenvalue weighted by Crippen LogP contribution is 2.16. The summed E-state index contributed by atoms with van der Waals surface area (Å²) in [6, 6.07) is 6.06. The molecule has 0 saturated carbocycles. The number of carbonyl (C=O) groups is 1. The Morgan fingerprint density at radius 3 is 2.10 bits per heavy atom. The van der Waals surface area contributed by atoms with E-state index in [0.29, 0.717) is 6.07 Å². The Hall–Kier alpha value is -2.15. The summed E-state index contributed by atoms with van der Waals surface area (Å²) in [7, 11) is -4.06. The predicted octanol–water partition coefficient (Wildman–Crippen LogP) is 2.76. The third kappa shape index (κ3) is 3.49. The second-order valence-corrected chi connectivity index (χ2v) is 6.25. The van der Waals surface area contributed by atoms with Gasteiger partial charge in [-0.3, -0.25) is 4.79 Å². The number of sulfone groups is 1. The molecule has 7 heteroatoms. The standard InChI is InChI=1S/C14H9F3O3S/c15-9-1-4-11(5-2-9)21(19,20)8-14(18)12-7-10(16)3-6-13(12)17/h1-7H,8H2. The quantitative estimate of drug-likeness (QED) is 0.644. The zero-order valence-corrected chi connectivity index (χ0v) is 11.3. The first-order chi connectivity index (χ1) is 9.79. The summed E-state index contributed by atoms with van der Waals surface area (Å²) in [5, 5.41) is 0. The van der Waals surface area contributed by atoms with Crippen molar-refractivity contribution in [1.29, 1.82) is 0 Å². The molecule has 3 nitrogen and oxygen atoms in total. The molecule has 0 radical (unpaired) electrons. The number of Topliss-reactive ketones (excluding diaryl/α,β-unsaturated/α-hetero) is 1. The molecule has 0 aliphatic carbocycles. The van der Waals surface area contributed by atoms with Crippen molar-refractivity contribution in [3.63, 3.8) is 0 Å². The van der Waals surface area contributed by atoms with Gasteiger partial charge in [0, 0.05) is 0 Å². The fourth-order valence-corrected chi connectivity index (χ4v) is 2.90. The van der Waals surface area contributed by atoms with Crippen LogP contribution in [0.2, 0.25) is 0 Å². The molecule has 0 heterocycles. The normalized spacial score (nSPS) is 11.4. The number of ketones is 1. The molecular weight excluding hydrogens is 305 g/mol. The molecule has 0 saturated heterocycles. The van der Waals surface area contributed by atoms with Crippen LogP contribution in [0, 0.1) is 17.5 Å². The van der Waals surface area contributed by atoms with E-state index in [4.69, 9.17) is 0 Å². The molecule has 0 aliphatic rings. The van der Waals surface area contributed by atoms with Crippen molar-refractivity contribution in [2.45, 2.75) is 4.90 Å². The van der Waals surface area contributed by atoms with Gasteiger partial charge in [0.2, 0.25) is 0 Å². The van der Waals surface area contributed by atoms with Crippen molar-refractivity contribution >= 4 is 15.6 Å². The maximum Gasteiger partial charge on any atom is 0.185 e. The fraction of sp³-hybridized carbons (Fsp3) is 0.0714. The van der Waals surface area contributed by atoms with Crippen LogP contribution in [0.5, 0.6) is 0 Å². The molecule has 0 amide bonds. The topological polar surface area (TPSA) is 51.2 Å². The molecule has 0 atom stereocenters. The first-order valence-corrected chi connectivity index (χ1v) is 7.41. The maximum atomic E-state index is 13.4. The summed E-state index contributed by atoms with van der Waals surface area (Å²) in [5.41, 5.74) is -0.638. The van der Waals surface area contributed by atoms with Crippen molar-refractivity contribution in [2.24, 2.45) is 0 Å². The molecule has 21 heavy (non-hydrogen) atoms. The largest absolute Gasteiger partial charge is 0.293 e. The molecule has 2 rings (SSSR count). The summed E-state index contributed by atoms with van der Waals surface area (Å²) in [5.74, 6) is -4.58. The smallest absolute Gasteiger partial charge is 0.185 e. The molecule has 0 N–H and O–H groups in total. The van der Waals surface area contributed by atoms with Gasteiger partial charge in [-0.25, -0.2) is 21.6 Å². The van der Waals surface area contributed by atoms with Crippen LogP contribution in [0.15, 0.2) is 47.4 Å². The van der Waals surface area contributed by atoms with Crippen molar-refractivity contribution in [1.82, 2.24) is 0 Å². The SMILES string of the molecule is O=C(CS(=O)(=O)c1ccc(F)cc1)c1cc(F)ccc1F. The molecule has 0 fully saturated rings. The number of benzene rings is 2. The minimum absolute atomic E-state index is 0.269. The van der Waals surface area contributed by atoms with E-state index in [1.54, 1.807) is 0 Å². The first-order valence-electron chi connectivity index (χ1n) is 5.76. The lowest BCUT2D eigenvalue weighted by Gasteiger charge is -2.05. The lowest BCUT2D eigenvalue weighted by Crippen LogP contribution is -2.17. The van der Waals surface area contributed by atoms with Crippen LogP contribution in [0.1, 0.15) is 10.4 Å². The predicted molar refractivity (Wildman–Crippen MR) is 69.1 cm³/mol. The first kappa shape index (κ1) is 15.2. The molecule has 0 aliphatic heterocycles.